The van der Waals surface area contributed by atoms with Gasteiger partial charge < -0.3 is 4.90 Å². The highest BCUT2D eigenvalue weighted by Gasteiger charge is 2.32. The van der Waals surface area contributed by atoms with E-state index in [-0.39, 0.29) is 6.04 Å². The fourth-order valence-electron chi connectivity index (χ4n) is 4.68. The lowest BCUT2D eigenvalue weighted by Crippen LogP contribution is -2.46. The maximum absolute atomic E-state index is 13.6. The van der Waals surface area contributed by atoms with Gasteiger partial charge in [0.2, 0.25) is 5.91 Å². The van der Waals surface area contributed by atoms with Gasteiger partial charge in [-0.2, -0.15) is 0 Å². The summed E-state index contributed by atoms with van der Waals surface area (Å²) in [6, 6.07) is 21.0. The lowest BCUT2D eigenvalue weighted by atomic mass is 10.0. The largest absolute Gasteiger partial charge is 0.341 e. The van der Waals surface area contributed by atoms with Crippen LogP contribution in [0.1, 0.15) is 42.9 Å². The summed E-state index contributed by atoms with van der Waals surface area (Å²) < 4.78 is 0. The summed E-state index contributed by atoms with van der Waals surface area (Å²) in [6.45, 7) is 6.82. The molecule has 0 aliphatic carbocycles. The van der Waals surface area contributed by atoms with Crippen molar-refractivity contribution in [3.05, 3.63) is 71.8 Å². The molecular weight excluding hydrogens is 358 g/mol. The van der Waals surface area contributed by atoms with E-state index in [2.05, 4.69) is 69.3 Å². The van der Waals surface area contributed by atoms with E-state index in [1.807, 2.05) is 6.07 Å². The van der Waals surface area contributed by atoms with Gasteiger partial charge in [-0.3, -0.25) is 14.6 Å². The molecule has 0 aromatic heterocycles. The minimum Gasteiger partial charge on any atom is -0.341 e. The summed E-state index contributed by atoms with van der Waals surface area (Å²) in [6.07, 6.45) is 4.62. The van der Waals surface area contributed by atoms with Gasteiger partial charge in [0.25, 0.3) is 0 Å². The predicted octanol–water partition coefficient (Wildman–Crippen LogP) is 3.95. The summed E-state index contributed by atoms with van der Waals surface area (Å²) in [5.74, 6) is 0.299. The Labute approximate surface area is 175 Å². The van der Waals surface area contributed by atoms with Crippen LogP contribution in [0.4, 0.5) is 0 Å². The van der Waals surface area contributed by atoms with Crippen LogP contribution >= 0.6 is 0 Å². The summed E-state index contributed by atoms with van der Waals surface area (Å²) in [5.41, 5.74) is 2.50. The maximum atomic E-state index is 13.6. The Bertz CT molecular complexity index is 758. The quantitative estimate of drug-likeness (QED) is 0.772. The highest BCUT2D eigenvalue weighted by atomic mass is 16.2. The summed E-state index contributed by atoms with van der Waals surface area (Å²) in [5, 5.41) is 0. The number of hydrogen-bond acceptors (Lipinski definition) is 3. The minimum absolute atomic E-state index is 0.147. The number of carbonyl (C=O) groups is 1. The predicted molar refractivity (Wildman–Crippen MR) is 118 cm³/mol. The van der Waals surface area contributed by atoms with Crippen LogP contribution in [0.5, 0.6) is 0 Å². The van der Waals surface area contributed by atoms with Crippen LogP contribution in [0.15, 0.2) is 60.7 Å². The third kappa shape index (κ3) is 5.26. The molecule has 4 heteroatoms. The molecule has 2 aromatic rings. The fourth-order valence-corrected chi connectivity index (χ4v) is 4.68. The number of rotatable bonds is 5. The monoisotopic (exact) mass is 391 g/mol. The van der Waals surface area contributed by atoms with Crippen molar-refractivity contribution in [2.24, 2.45) is 0 Å². The van der Waals surface area contributed by atoms with E-state index < -0.39 is 0 Å². The Morgan fingerprint density at radius 3 is 2.14 bits per heavy atom. The second kappa shape index (κ2) is 10.0. The van der Waals surface area contributed by atoms with Crippen LogP contribution in [0, 0.1) is 0 Å². The van der Waals surface area contributed by atoms with Crippen molar-refractivity contribution in [3.8, 4) is 0 Å². The lowest BCUT2D eigenvalue weighted by molar-refractivity contribution is -0.138. The molecule has 2 aliphatic rings. The number of carbonyl (C=O) groups excluding carboxylic acids is 1. The Kier molecular flexibility index (Phi) is 6.96. The van der Waals surface area contributed by atoms with Crippen LogP contribution < -0.4 is 0 Å². The Balaban J connectivity index is 1.48. The molecule has 2 heterocycles. The van der Waals surface area contributed by atoms with Crippen LogP contribution in [-0.2, 0) is 11.3 Å². The molecule has 4 nitrogen and oxygen atoms in total. The zero-order valence-corrected chi connectivity index (χ0v) is 17.4. The van der Waals surface area contributed by atoms with Crippen LogP contribution in [0.2, 0.25) is 0 Å². The van der Waals surface area contributed by atoms with Gasteiger partial charge in [0.1, 0.15) is 6.04 Å². The van der Waals surface area contributed by atoms with E-state index in [1.165, 1.54) is 12.0 Å². The smallest absolute Gasteiger partial charge is 0.244 e. The molecule has 1 amide bonds. The normalized spacial score (nSPS) is 20.2. The number of benzene rings is 2. The van der Waals surface area contributed by atoms with Crippen molar-refractivity contribution < 1.29 is 4.79 Å². The molecule has 4 rings (SSSR count). The molecule has 0 radical (unpaired) electrons. The van der Waals surface area contributed by atoms with E-state index in [0.717, 1.165) is 70.6 Å². The molecule has 2 fully saturated rings. The Morgan fingerprint density at radius 2 is 1.41 bits per heavy atom. The van der Waals surface area contributed by atoms with Crippen molar-refractivity contribution in [1.29, 1.82) is 0 Å². The first-order chi connectivity index (χ1) is 14.3. The molecule has 2 saturated heterocycles. The molecule has 1 unspecified atom stereocenters. The van der Waals surface area contributed by atoms with Crippen molar-refractivity contribution in [3.63, 3.8) is 0 Å². The molecule has 0 saturated carbocycles. The third-order valence-corrected chi connectivity index (χ3v) is 6.25. The average Bonchev–Trinajstić information content (AvgIpc) is 3.01. The van der Waals surface area contributed by atoms with Crippen LogP contribution in [-0.4, -0.2) is 59.9 Å². The highest BCUT2D eigenvalue weighted by molar-refractivity contribution is 5.83. The summed E-state index contributed by atoms with van der Waals surface area (Å²) in [7, 11) is 0. The van der Waals surface area contributed by atoms with E-state index in [1.54, 1.807) is 0 Å². The molecule has 2 aliphatic heterocycles. The van der Waals surface area contributed by atoms with Gasteiger partial charge in [-0.15, -0.1) is 0 Å². The minimum atomic E-state index is -0.147. The molecular formula is C25H33N3O. The fraction of sp³-hybridized carbons (Fsp3) is 0.480. The first-order valence-corrected chi connectivity index (χ1v) is 11.2. The first kappa shape index (κ1) is 20.1. The van der Waals surface area contributed by atoms with E-state index >= 15 is 0 Å². The SMILES string of the molecule is O=C(C(c1ccccc1)N1CCCN(Cc2ccccc2)CC1)N1CCCCC1. The van der Waals surface area contributed by atoms with Gasteiger partial charge in [0, 0.05) is 39.3 Å². The van der Waals surface area contributed by atoms with Crippen molar-refractivity contribution in [2.75, 3.05) is 39.3 Å². The molecule has 0 spiro atoms. The number of hydrogen-bond donors (Lipinski definition) is 0. The highest BCUT2D eigenvalue weighted by Crippen LogP contribution is 2.26. The van der Waals surface area contributed by atoms with E-state index in [0.29, 0.717) is 5.91 Å². The molecule has 0 bridgehead atoms. The second-order valence-electron chi connectivity index (χ2n) is 8.35. The Hall–Kier alpha value is -2.17. The summed E-state index contributed by atoms with van der Waals surface area (Å²) in [4.78, 5) is 20.6. The van der Waals surface area contributed by atoms with Crippen molar-refractivity contribution >= 4 is 5.91 Å². The van der Waals surface area contributed by atoms with Crippen molar-refractivity contribution in [2.45, 2.75) is 38.3 Å². The van der Waals surface area contributed by atoms with E-state index in [4.69, 9.17) is 0 Å². The maximum Gasteiger partial charge on any atom is 0.244 e. The van der Waals surface area contributed by atoms with Crippen LogP contribution in [0.3, 0.4) is 0 Å². The zero-order valence-electron chi connectivity index (χ0n) is 17.4. The van der Waals surface area contributed by atoms with Gasteiger partial charge in [0.05, 0.1) is 0 Å². The molecule has 29 heavy (non-hydrogen) atoms. The van der Waals surface area contributed by atoms with Gasteiger partial charge in [0.15, 0.2) is 0 Å². The second-order valence-corrected chi connectivity index (χ2v) is 8.35. The molecule has 1 atom stereocenters. The van der Waals surface area contributed by atoms with Crippen LogP contribution in [0.25, 0.3) is 0 Å². The number of piperidine rings is 1. The number of likely N-dealkylation sites (tertiary alicyclic amines) is 1. The van der Waals surface area contributed by atoms with Gasteiger partial charge >= 0.3 is 0 Å². The topological polar surface area (TPSA) is 26.8 Å². The number of nitrogens with zero attached hydrogens (tertiary/aromatic N) is 3. The standard InChI is InChI=1S/C25H33N3O/c29-25(28-16-8-3-9-17-28)24(23-13-6-2-7-14-23)27-18-10-15-26(19-20-27)21-22-11-4-1-5-12-22/h1-2,4-7,11-14,24H,3,8-10,15-21H2. The first-order valence-electron chi connectivity index (χ1n) is 11.2. The third-order valence-electron chi connectivity index (χ3n) is 6.25. The Morgan fingerprint density at radius 1 is 0.724 bits per heavy atom. The zero-order chi connectivity index (χ0) is 19.9. The average molecular weight is 392 g/mol. The lowest BCUT2D eigenvalue weighted by Gasteiger charge is -2.36. The molecule has 2 aromatic carbocycles. The van der Waals surface area contributed by atoms with E-state index in [9.17, 15) is 4.79 Å². The molecule has 0 N–H and O–H groups in total. The van der Waals surface area contributed by atoms with Gasteiger partial charge in [-0.25, -0.2) is 0 Å². The van der Waals surface area contributed by atoms with Gasteiger partial charge in [-0.05, 0) is 43.4 Å². The number of amides is 1. The van der Waals surface area contributed by atoms with Crippen molar-refractivity contribution in [1.82, 2.24) is 14.7 Å². The molecule has 154 valence electrons. The summed E-state index contributed by atoms with van der Waals surface area (Å²) >= 11 is 0. The van der Waals surface area contributed by atoms with Gasteiger partial charge in [-0.1, -0.05) is 60.7 Å².